The second-order valence-electron chi connectivity index (χ2n) is 8.83. The van der Waals surface area contributed by atoms with Crippen molar-refractivity contribution in [2.24, 2.45) is 11.8 Å². The van der Waals surface area contributed by atoms with E-state index in [0.717, 1.165) is 30.6 Å². The lowest BCUT2D eigenvalue weighted by atomic mass is 9.97. The predicted octanol–water partition coefficient (Wildman–Crippen LogP) is 4.71. The molecule has 0 unspecified atom stereocenters. The maximum Gasteiger partial charge on any atom is 0.251 e. The molecule has 1 fully saturated rings. The number of likely N-dealkylation sites (tertiary alicyclic amines) is 1. The van der Waals surface area contributed by atoms with Gasteiger partial charge in [0.1, 0.15) is 0 Å². The van der Waals surface area contributed by atoms with Gasteiger partial charge in [-0.25, -0.2) is 0 Å². The van der Waals surface area contributed by atoms with Crippen LogP contribution in [0.15, 0.2) is 24.4 Å². The zero-order valence-electron chi connectivity index (χ0n) is 18.0. The summed E-state index contributed by atoms with van der Waals surface area (Å²) in [6.07, 6.45) is 4.12. The van der Waals surface area contributed by atoms with Crippen LogP contribution in [-0.4, -0.2) is 54.2 Å². The van der Waals surface area contributed by atoms with Gasteiger partial charge in [-0.15, -0.1) is 0 Å². The number of amides is 1. The van der Waals surface area contributed by atoms with Gasteiger partial charge >= 0.3 is 0 Å². The van der Waals surface area contributed by atoms with Gasteiger partial charge in [-0.3, -0.25) is 4.79 Å². The van der Waals surface area contributed by atoms with Crippen molar-refractivity contribution in [3.63, 3.8) is 0 Å². The molecule has 0 saturated carbocycles. The molecule has 1 aromatic heterocycles. The molecule has 0 aliphatic carbocycles. The number of carbonyl (C=O) groups excluding carboxylic acids is 1. The molecule has 160 valence electrons. The van der Waals surface area contributed by atoms with Crippen molar-refractivity contribution in [2.75, 3.05) is 26.3 Å². The summed E-state index contributed by atoms with van der Waals surface area (Å²) in [6, 6.07) is 6.16. The molecule has 1 aliphatic rings. The van der Waals surface area contributed by atoms with E-state index >= 15 is 0 Å². The summed E-state index contributed by atoms with van der Waals surface area (Å²) in [5, 5.41) is 4.74. The fraction of sp³-hybridized carbons (Fsp3) is 0.609. The van der Waals surface area contributed by atoms with E-state index in [4.69, 9.17) is 16.3 Å². The number of nitrogens with zero attached hydrogens (tertiary/aromatic N) is 1. The largest absolute Gasteiger partial charge is 0.379 e. The van der Waals surface area contributed by atoms with Gasteiger partial charge in [-0.2, -0.15) is 0 Å². The first-order valence-corrected chi connectivity index (χ1v) is 11.1. The second-order valence-corrected chi connectivity index (χ2v) is 9.24. The summed E-state index contributed by atoms with van der Waals surface area (Å²) in [5.74, 6) is 0.837. The Labute approximate surface area is 179 Å². The van der Waals surface area contributed by atoms with Crippen molar-refractivity contribution in [3.8, 4) is 0 Å². The summed E-state index contributed by atoms with van der Waals surface area (Å²) in [7, 11) is 0. The Balaban J connectivity index is 1.50. The average Bonchev–Trinajstić information content (AvgIpc) is 3.07. The van der Waals surface area contributed by atoms with Gasteiger partial charge < -0.3 is 19.9 Å². The Morgan fingerprint density at radius 3 is 2.66 bits per heavy atom. The Bertz CT molecular complexity index is 810. The molecule has 1 aromatic carbocycles. The summed E-state index contributed by atoms with van der Waals surface area (Å²) >= 11 is 6.12. The minimum Gasteiger partial charge on any atom is -0.379 e. The number of piperidine rings is 1. The number of benzene rings is 1. The highest BCUT2D eigenvalue weighted by Crippen LogP contribution is 2.24. The molecule has 1 atom stereocenters. The first-order valence-electron chi connectivity index (χ1n) is 10.7. The van der Waals surface area contributed by atoms with Crippen molar-refractivity contribution in [3.05, 3.63) is 35.0 Å². The number of rotatable bonds is 8. The molecule has 0 bridgehead atoms. The summed E-state index contributed by atoms with van der Waals surface area (Å²) in [5.41, 5.74) is 1.50. The Kier molecular flexibility index (Phi) is 7.60. The molecule has 0 radical (unpaired) electrons. The number of carbonyl (C=O) groups is 1. The van der Waals surface area contributed by atoms with E-state index in [1.165, 1.54) is 12.8 Å². The maximum atomic E-state index is 12.8. The van der Waals surface area contributed by atoms with Gasteiger partial charge in [0.25, 0.3) is 5.91 Å². The van der Waals surface area contributed by atoms with Gasteiger partial charge in [0.05, 0.1) is 17.7 Å². The number of nitrogens with one attached hydrogen (secondary N) is 2. The van der Waals surface area contributed by atoms with Crippen LogP contribution in [-0.2, 0) is 4.74 Å². The zero-order chi connectivity index (χ0) is 21.0. The number of fused-ring (bicyclic) bond motifs is 1. The van der Waals surface area contributed by atoms with Gasteiger partial charge in [0.15, 0.2) is 0 Å². The molecule has 0 spiro atoms. The number of hydrogen-bond donors (Lipinski definition) is 2. The molecule has 3 rings (SSSR count). The number of aromatic nitrogens is 1. The van der Waals surface area contributed by atoms with E-state index in [2.05, 4.69) is 42.9 Å². The predicted molar refractivity (Wildman–Crippen MR) is 120 cm³/mol. The fourth-order valence-corrected chi connectivity index (χ4v) is 4.10. The fourth-order valence-electron chi connectivity index (χ4n) is 3.88. The van der Waals surface area contributed by atoms with Gasteiger partial charge in [0.2, 0.25) is 0 Å². The monoisotopic (exact) mass is 419 g/mol. The van der Waals surface area contributed by atoms with Crippen LogP contribution in [0.4, 0.5) is 0 Å². The molecule has 2 heterocycles. The summed E-state index contributed by atoms with van der Waals surface area (Å²) in [6.45, 7) is 12.4. The van der Waals surface area contributed by atoms with Crippen LogP contribution in [0.5, 0.6) is 0 Å². The molecule has 1 amide bonds. The minimum absolute atomic E-state index is 0.0128. The molecule has 6 heteroatoms. The van der Waals surface area contributed by atoms with E-state index in [0.29, 0.717) is 35.1 Å². The lowest BCUT2D eigenvalue weighted by molar-refractivity contribution is 0.0414. The molecular weight excluding hydrogens is 386 g/mol. The third kappa shape index (κ3) is 5.74. The van der Waals surface area contributed by atoms with E-state index in [-0.39, 0.29) is 11.9 Å². The van der Waals surface area contributed by atoms with E-state index < -0.39 is 0 Å². The highest BCUT2D eigenvalue weighted by Gasteiger charge is 2.22. The Morgan fingerprint density at radius 1 is 1.28 bits per heavy atom. The molecule has 1 saturated heterocycles. The number of ether oxygens (including phenoxy) is 1. The van der Waals surface area contributed by atoms with Crippen LogP contribution in [0.1, 0.15) is 50.9 Å². The van der Waals surface area contributed by atoms with E-state index in [1.54, 1.807) is 6.20 Å². The SMILES string of the molecule is CC(C)[C@H](COCC1CCN(C(C)C)CC1)NC(=O)c1ccc2c(Cl)c[nH]c2c1. The van der Waals surface area contributed by atoms with Crippen LogP contribution < -0.4 is 5.32 Å². The minimum atomic E-state index is -0.0786. The van der Waals surface area contributed by atoms with Crippen LogP contribution >= 0.6 is 11.6 Å². The standard InChI is InChI=1S/C23H34ClN3O2/c1-15(2)22(14-29-13-17-7-9-27(10-8-17)16(3)4)26-23(28)18-5-6-19-20(24)12-25-21(19)11-18/h5-6,11-12,15-17,22,25H,7-10,13-14H2,1-4H3,(H,26,28)/t22-/m0/s1. The van der Waals surface area contributed by atoms with Crippen LogP contribution in [0, 0.1) is 11.8 Å². The summed E-state index contributed by atoms with van der Waals surface area (Å²) in [4.78, 5) is 18.4. The Hall–Kier alpha value is -1.56. The molecule has 5 nitrogen and oxygen atoms in total. The topological polar surface area (TPSA) is 57.4 Å². The number of hydrogen-bond acceptors (Lipinski definition) is 3. The Morgan fingerprint density at radius 2 is 2.00 bits per heavy atom. The first-order chi connectivity index (χ1) is 13.8. The lowest BCUT2D eigenvalue weighted by Gasteiger charge is -2.34. The first kappa shape index (κ1) is 22.1. The molecule has 2 N–H and O–H groups in total. The molecule has 1 aliphatic heterocycles. The normalized spacial score (nSPS) is 17.3. The third-order valence-electron chi connectivity index (χ3n) is 6.05. The number of halogens is 1. The highest BCUT2D eigenvalue weighted by atomic mass is 35.5. The second kappa shape index (κ2) is 9.96. The lowest BCUT2D eigenvalue weighted by Crippen LogP contribution is -2.43. The number of H-pyrrole nitrogens is 1. The third-order valence-corrected chi connectivity index (χ3v) is 6.36. The van der Waals surface area contributed by atoms with Gasteiger partial charge in [-0.1, -0.05) is 31.5 Å². The maximum absolute atomic E-state index is 12.8. The van der Waals surface area contributed by atoms with E-state index in [1.807, 2.05) is 18.2 Å². The number of aromatic amines is 1. The summed E-state index contributed by atoms with van der Waals surface area (Å²) < 4.78 is 6.05. The van der Waals surface area contributed by atoms with Crippen LogP contribution in [0.25, 0.3) is 10.9 Å². The van der Waals surface area contributed by atoms with Crippen LogP contribution in [0.3, 0.4) is 0 Å². The highest BCUT2D eigenvalue weighted by molar-refractivity contribution is 6.35. The zero-order valence-corrected chi connectivity index (χ0v) is 18.8. The smallest absolute Gasteiger partial charge is 0.251 e. The van der Waals surface area contributed by atoms with Gasteiger partial charge in [-0.05, 0) is 63.7 Å². The van der Waals surface area contributed by atoms with Crippen molar-refractivity contribution in [1.82, 2.24) is 15.2 Å². The molecule has 2 aromatic rings. The van der Waals surface area contributed by atoms with Crippen molar-refractivity contribution in [1.29, 1.82) is 0 Å². The van der Waals surface area contributed by atoms with Gasteiger partial charge in [0, 0.05) is 35.3 Å². The van der Waals surface area contributed by atoms with Crippen molar-refractivity contribution >= 4 is 28.4 Å². The quantitative estimate of drug-likeness (QED) is 0.651. The van der Waals surface area contributed by atoms with Crippen molar-refractivity contribution < 1.29 is 9.53 Å². The molecular formula is C23H34ClN3O2. The molecule has 29 heavy (non-hydrogen) atoms. The van der Waals surface area contributed by atoms with Crippen molar-refractivity contribution in [2.45, 2.75) is 52.6 Å². The van der Waals surface area contributed by atoms with Crippen LogP contribution in [0.2, 0.25) is 5.02 Å². The van der Waals surface area contributed by atoms with E-state index in [9.17, 15) is 4.79 Å². The average molecular weight is 420 g/mol.